The molecule has 0 spiro atoms. The lowest BCUT2D eigenvalue weighted by atomic mass is 10.1. The van der Waals surface area contributed by atoms with E-state index < -0.39 is 22.7 Å². The van der Waals surface area contributed by atoms with E-state index in [0.29, 0.717) is 27.0 Å². The summed E-state index contributed by atoms with van der Waals surface area (Å²) in [5.41, 5.74) is 0.854. The second-order valence-corrected chi connectivity index (χ2v) is 11.0. The fraction of sp³-hybridized carbons (Fsp3) is 0.129. The Bertz CT molecular complexity index is 1740. The second-order valence-electron chi connectivity index (χ2n) is 9.14. The van der Waals surface area contributed by atoms with Crippen LogP contribution in [0.4, 0.5) is 16.5 Å². The number of rotatable bonds is 13. The average Bonchev–Trinajstić information content (AvgIpc) is 3.46. The Morgan fingerprint density at radius 1 is 1.00 bits per heavy atom. The number of benzene rings is 3. The van der Waals surface area contributed by atoms with Crippen molar-refractivity contribution in [3.8, 4) is 0 Å². The quantitative estimate of drug-likeness (QED) is 0.0574. The van der Waals surface area contributed by atoms with E-state index in [1.165, 1.54) is 47.4 Å². The van der Waals surface area contributed by atoms with Crippen molar-refractivity contribution >= 4 is 69.4 Å². The molecule has 0 saturated carbocycles. The summed E-state index contributed by atoms with van der Waals surface area (Å²) < 4.78 is 4.91. The summed E-state index contributed by atoms with van der Waals surface area (Å²) in [6.07, 6.45) is 1.26. The average molecular weight is 646 g/mol. The number of nitrogens with one attached hydrogen (secondary N) is 3. The summed E-state index contributed by atoms with van der Waals surface area (Å²) in [6.45, 7) is 1.99. The molecule has 0 unspecified atom stereocenters. The SMILES string of the molecule is CCOC(=O)Cc1csc(NC(=O)CSc2cccc(NC(=O)/C(=C\c3ccccc3[N+](=O)[O-])NC(=O)c3ccccc3)c2)n1. The highest BCUT2D eigenvalue weighted by Crippen LogP contribution is 2.24. The number of nitro benzene ring substituents is 1. The Labute approximate surface area is 266 Å². The van der Waals surface area contributed by atoms with Crippen LogP contribution in [0.1, 0.15) is 28.5 Å². The zero-order valence-corrected chi connectivity index (χ0v) is 25.5. The summed E-state index contributed by atoms with van der Waals surface area (Å²) in [5.74, 6) is -1.95. The maximum Gasteiger partial charge on any atom is 0.311 e. The number of ether oxygens (including phenoxy) is 1. The number of thioether (sulfide) groups is 1. The fourth-order valence-corrected chi connectivity index (χ4v) is 5.33. The summed E-state index contributed by atoms with van der Waals surface area (Å²) in [6, 6.07) is 20.8. The molecule has 230 valence electrons. The molecule has 1 aromatic heterocycles. The molecule has 0 atom stereocenters. The lowest BCUT2D eigenvalue weighted by Crippen LogP contribution is -2.30. The molecule has 3 N–H and O–H groups in total. The van der Waals surface area contributed by atoms with Crippen LogP contribution in [0, 0.1) is 10.1 Å². The fourth-order valence-electron chi connectivity index (χ4n) is 3.85. The maximum absolute atomic E-state index is 13.4. The monoisotopic (exact) mass is 645 g/mol. The molecule has 0 aliphatic carbocycles. The summed E-state index contributed by atoms with van der Waals surface area (Å²) in [5, 5.41) is 21.6. The molecule has 14 heteroatoms. The van der Waals surface area contributed by atoms with Crippen LogP contribution in [0.2, 0.25) is 0 Å². The first-order valence-corrected chi connectivity index (χ1v) is 15.3. The van der Waals surface area contributed by atoms with Gasteiger partial charge in [0.05, 0.1) is 35.0 Å². The van der Waals surface area contributed by atoms with E-state index >= 15 is 0 Å². The zero-order valence-electron chi connectivity index (χ0n) is 23.9. The highest BCUT2D eigenvalue weighted by Gasteiger charge is 2.19. The molecule has 0 fully saturated rings. The van der Waals surface area contributed by atoms with Crippen molar-refractivity contribution in [2.45, 2.75) is 18.2 Å². The first-order chi connectivity index (χ1) is 21.7. The molecule has 1 heterocycles. The van der Waals surface area contributed by atoms with Crippen molar-refractivity contribution in [2.75, 3.05) is 23.0 Å². The topological polar surface area (TPSA) is 170 Å². The number of hydrogen-bond acceptors (Lipinski definition) is 10. The van der Waals surface area contributed by atoms with Gasteiger partial charge in [0.15, 0.2) is 5.13 Å². The number of nitro groups is 1. The Kier molecular flexibility index (Phi) is 11.5. The van der Waals surface area contributed by atoms with E-state index in [4.69, 9.17) is 4.74 Å². The molecular weight excluding hydrogens is 619 g/mol. The van der Waals surface area contributed by atoms with Gasteiger partial charge in [0.1, 0.15) is 5.70 Å². The lowest BCUT2D eigenvalue weighted by Gasteiger charge is -2.12. The van der Waals surface area contributed by atoms with Crippen molar-refractivity contribution in [1.82, 2.24) is 10.3 Å². The van der Waals surface area contributed by atoms with Crippen LogP contribution < -0.4 is 16.0 Å². The number of esters is 1. The molecule has 12 nitrogen and oxygen atoms in total. The predicted octanol–water partition coefficient (Wildman–Crippen LogP) is 5.30. The molecule has 4 aromatic rings. The molecule has 0 saturated heterocycles. The number of hydrogen-bond donors (Lipinski definition) is 3. The van der Waals surface area contributed by atoms with E-state index in [9.17, 15) is 29.3 Å². The second kappa shape index (κ2) is 15.9. The van der Waals surface area contributed by atoms with Gasteiger partial charge in [0.2, 0.25) is 5.91 Å². The van der Waals surface area contributed by atoms with E-state index in [1.807, 2.05) is 0 Å². The zero-order chi connectivity index (χ0) is 32.2. The molecule has 0 aliphatic heterocycles. The van der Waals surface area contributed by atoms with E-state index in [-0.39, 0.29) is 41.6 Å². The lowest BCUT2D eigenvalue weighted by molar-refractivity contribution is -0.385. The Balaban J connectivity index is 1.43. The smallest absolute Gasteiger partial charge is 0.311 e. The number of nitrogens with zero attached hydrogens (tertiary/aromatic N) is 2. The van der Waals surface area contributed by atoms with Crippen LogP contribution in [0.25, 0.3) is 6.08 Å². The van der Waals surface area contributed by atoms with Gasteiger partial charge in [-0.25, -0.2) is 4.98 Å². The van der Waals surface area contributed by atoms with E-state index in [1.54, 1.807) is 73.0 Å². The first kappa shape index (κ1) is 32.6. The van der Waals surface area contributed by atoms with Gasteiger partial charge in [-0.1, -0.05) is 36.4 Å². The maximum atomic E-state index is 13.4. The van der Waals surface area contributed by atoms with Gasteiger partial charge in [0, 0.05) is 27.6 Å². The molecule has 0 radical (unpaired) electrons. The van der Waals surface area contributed by atoms with Crippen LogP contribution in [0.5, 0.6) is 0 Å². The number of thiazole rings is 1. The normalized spacial score (nSPS) is 10.9. The number of aromatic nitrogens is 1. The summed E-state index contributed by atoms with van der Waals surface area (Å²) in [7, 11) is 0. The van der Waals surface area contributed by atoms with Crippen LogP contribution in [0.15, 0.2) is 94.8 Å². The third kappa shape index (κ3) is 9.84. The predicted molar refractivity (Wildman–Crippen MR) is 172 cm³/mol. The van der Waals surface area contributed by atoms with Crippen molar-refractivity contribution in [1.29, 1.82) is 0 Å². The van der Waals surface area contributed by atoms with E-state index in [0.717, 1.165) is 0 Å². The van der Waals surface area contributed by atoms with Crippen molar-refractivity contribution < 1.29 is 28.8 Å². The molecule has 45 heavy (non-hydrogen) atoms. The van der Waals surface area contributed by atoms with Gasteiger partial charge in [-0.05, 0) is 49.4 Å². The third-order valence-electron chi connectivity index (χ3n) is 5.85. The number of para-hydroxylation sites is 1. The highest BCUT2D eigenvalue weighted by atomic mass is 32.2. The number of amides is 3. The summed E-state index contributed by atoms with van der Waals surface area (Å²) >= 11 is 2.41. The van der Waals surface area contributed by atoms with E-state index in [2.05, 4.69) is 20.9 Å². The minimum atomic E-state index is -0.709. The highest BCUT2D eigenvalue weighted by molar-refractivity contribution is 8.00. The van der Waals surface area contributed by atoms with Crippen LogP contribution in [0.3, 0.4) is 0 Å². The van der Waals surface area contributed by atoms with Crippen LogP contribution in [-0.2, 0) is 25.5 Å². The number of anilines is 2. The van der Waals surface area contributed by atoms with Crippen molar-refractivity contribution in [3.05, 3.63) is 117 Å². The molecule has 3 aromatic carbocycles. The Hall–Kier alpha value is -5.34. The van der Waals surface area contributed by atoms with Crippen molar-refractivity contribution in [2.24, 2.45) is 0 Å². The standard InChI is InChI=1S/C31H27N5O7S2/c1-2-43-28(38)17-23-18-45-31(33-23)35-27(37)19-44-24-13-8-12-22(16-24)32-30(40)25(34-29(39)20-9-4-3-5-10-20)15-21-11-6-7-14-26(21)36(41)42/h3-16,18H,2,17,19H2,1H3,(H,32,40)(H,34,39)(H,33,35,37)/b25-15+. The number of carbonyl (C=O) groups is 4. The van der Waals surface area contributed by atoms with Gasteiger partial charge in [-0.15, -0.1) is 23.1 Å². The Morgan fingerprint density at radius 3 is 2.51 bits per heavy atom. The summed E-state index contributed by atoms with van der Waals surface area (Å²) in [4.78, 5) is 66.3. The van der Waals surface area contributed by atoms with Gasteiger partial charge >= 0.3 is 5.97 Å². The number of carbonyl (C=O) groups excluding carboxylic acids is 4. The van der Waals surface area contributed by atoms with Gasteiger partial charge in [-0.2, -0.15) is 0 Å². The molecule has 4 rings (SSSR count). The van der Waals surface area contributed by atoms with Crippen LogP contribution >= 0.6 is 23.1 Å². The molecule has 3 amide bonds. The van der Waals surface area contributed by atoms with Crippen molar-refractivity contribution in [3.63, 3.8) is 0 Å². The first-order valence-electron chi connectivity index (χ1n) is 13.5. The molecular formula is C31H27N5O7S2. The minimum absolute atomic E-state index is 0.0164. The Morgan fingerprint density at radius 2 is 1.76 bits per heavy atom. The van der Waals surface area contributed by atoms with Crippen LogP contribution in [-0.4, -0.2) is 46.0 Å². The largest absolute Gasteiger partial charge is 0.466 e. The molecule has 0 aliphatic rings. The van der Waals surface area contributed by atoms with Gasteiger partial charge in [0.25, 0.3) is 17.5 Å². The van der Waals surface area contributed by atoms with Gasteiger partial charge in [-0.3, -0.25) is 29.3 Å². The third-order valence-corrected chi connectivity index (χ3v) is 7.65. The minimum Gasteiger partial charge on any atom is -0.466 e. The van der Waals surface area contributed by atoms with Gasteiger partial charge < -0.3 is 20.7 Å². The molecule has 0 bridgehead atoms.